The number of aromatic nitrogens is 1. The second-order valence-corrected chi connectivity index (χ2v) is 7.52. The molecule has 2 heterocycles. The smallest absolute Gasteiger partial charge is 0.199 e. The van der Waals surface area contributed by atoms with E-state index in [0.29, 0.717) is 15.9 Å². The fourth-order valence-corrected chi connectivity index (χ4v) is 3.85. The molecule has 0 atom stereocenters. The molecule has 0 saturated carbocycles. The number of hydrogen-bond donors (Lipinski definition) is 0. The molecular weight excluding hydrogens is 324 g/mol. The fourth-order valence-electron chi connectivity index (χ4n) is 1.57. The second kappa shape index (κ2) is 4.34. The van der Waals surface area contributed by atoms with Crippen molar-refractivity contribution in [3.05, 3.63) is 15.9 Å². The molecule has 0 fully saturated rings. The Morgan fingerprint density at radius 2 is 2.11 bits per heavy atom. The predicted octanol–water partition coefficient (Wildman–Crippen LogP) is 2.17. The molecule has 0 amide bonds. The van der Waals surface area contributed by atoms with Crippen molar-refractivity contribution in [3.8, 4) is 0 Å². The minimum atomic E-state index is -3.50. The molecule has 0 spiro atoms. The second-order valence-electron chi connectivity index (χ2n) is 4.78. The molecule has 0 unspecified atom stereocenters. The van der Waals surface area contributed by atoms with Crippen LogP contribution in [0.2, 0.25) is 0 Å². The number of oxime groups is 1. The summed E-state index contributed by atoms with van der Waals surface area (Å²) in [6, 6.07) is 0. The molecule has 0 radical (unpaired) electrons. The Bertz CT molecular complexity index is 584. The lowest BCUT2D eigenvalue weighted by atomic mass is 10.1. The maximum Gasteiger partial charge on any atom is 0.199 e. The lowest BCUT2D eigenvalue weighted by Gasteiger charge is -2.13. The van der Waals surface area contributed by atoms with Crippen LogP contribution in [0, 0.1) is 6.92 Å². The zero-order valence-electron chi connectivity index (χ0n) is 10.2. The van der Waals surface area contributed by atoms with E-state index in [1.165, 1.54) is 0 Å². The molecule has 1 aliphatic heterocycles. The molecule has 0 saturated heterocycles. The van der Waals surface area contributed by atoms with Crippen molar-refractivity contribution in [2.45, 2.75) is 38.5 Å². The standard InChI is InChI=1S/C10H13BrN2O4S/c1-6-7(9(11)13-16-6)5-18(14,15)8-4-10(2,3)17-12-8/h4-5H2,1-3H3. The van der Waals surface area contributed by atoms with Crippen LogP contribution in [-0.4, -0.2) is 24.2 Å². The van der Waals surface area contributed by atoms with Gasteiger partial charge in [0, 0.05) is 12.0 Å². The van der Waals surface area contributed by atoms with Gasteiger partial charge in [-0.1, -0.05) is 10.3 Å². The summed E-state index contributed by atoms with van der Waals surface area (Å²) in [6.07, 6.45) is 0.275. The average Bonchev–Trinajstić information content (AvgIpc) is 2.75. The van der Waals surface area contributed by atoms with Crippen LogP contribution >= 0.6 is 15.9 Å². The van der Waals surface area contributed by atoms with Crippen molar-refractivity contribution < 1.29 is 17.8 Å². The van der Waals surface area contributed by atoms with Gasteiger partial charge in [0.15, 0.2) is 19.5 Å². The van der Waals surface area contributed by atoms with Gasteiger partial charge in [0.05, 0.1) is 5.75 Å². The quantitative estimate of drug-likeness (QED) is 0.826. The van der Waals surface area contributed by atoms with Crippen LogP contribution in [0.25, 0.3) is 0 Å². The molecule has 2 rings (SSSR count). The molecular formula is C10H13BrN2O4S. The number of nitrogens with zero attached hydrogens (tertiary/aromatic N) is 2. The van der Waals surface area contributed by atoms with Crippen molar-refractivity contribution >= 4 is 30.8 Å². The maximum absolute atomic E-state index is 12.2. The Balaban J connectivity index is 2.24. The lowest BCUT2D eigenvalue weighted by molar-refractivity contribution is 0.0123. The van der Waals surface area contributed by atoms with E-state index < -0.39 is 15.4 Å². The fraction of sp³-hybridized carbons (Fsp3) is 0.600. The summed E-state index contributed by atoms with van der Waals surface area (Å²) in [7, 11) is -3.50. The van der Waals surface area contributed by atoms with Gasteiger partial charge < -0.3 is 9.36 Å². The van der Waals surface area contributed by atoms with Gasteiger partial charge in [-0.3, -0.25) is 0 Å². The van der Waals surface area contributed by atoms with Gasteiger partial charge in [0.1, 0.15) is 11.4 Å². The van der Waals surface area contributed by atoms with E-state index in [-0.39, 0.29) is 17.2 Å². The SMILES string of the molecule is Cc1onc(Br)c1CS(=O)(=O)C1=NOC(C)(C)C1. The molecule has 100 valence electrons. The molecule has 18 heavy (non-hydrogen) atoms. The highest BCUT2D eigenvalue weighted by Gasteiger charge is 2.36. The largest absolute Gasteiger partial charge is 0.389 e. The first-order valence-corrected chi connectivity index (χ1v) is 7.74. The molecule has 1 aliphatic rings. The number of rotatable bonds is 2. The minimum Gasteiger partial charge on any atom is -0.389 e. The van der Waals surface area contributed by atoms with Crippen molar-refractivity contribution in [1.82, 2.24) is 5.16 Å². The van der Waals surface area contributed by atoms with Gasteiger partial charge in [-0.25, -0.2) is 8.42 Å². The summed E-state index contributed by atoms with van der Waals surface area (Å²) in [5, 5.41) is 7.39. The highest BCUT2D eigenvalue weighted by atomic mass is 79.9. The van der Waals surface area contributed by atoms with Gasteiger partial charge in [0.25, 0.3) is 0 Å². The van der Waals surface area contributed by atoms with Crippen LogP contribution in [0.5, 0.6) is 0 Å². The van der Waals surface area contributed by atoms with Crippen LogP contribution in [0.3, 0.4) is 0 Å². The van der Waals surface area contributed by atoms with Gasteiger partial charge in [-0.2, -0.15) is 0 Å². The average molecular weight is 337 g/mol. The third-order valence-corrected chi connectivity index (χ3v) is 4.83. The van der Waals surface area contributed by atoms with Crippen LogP contribution < -0.4 is 0 Å². The normalized spacial score (nSPS) is 18.6. The van der Waals surface area contributed by atoms with Crippen molar-refractivity contribution in [2.24, 2.45) is 5.16 Å². The first kappa shape index (κ1) is 13.5. The zero-order chi connectivity index (χ0) is 13.6. The third-order valence-electron chi connectivity index (χ3n) is 2.60. The first-order chi connectivity index (χ1) is 8.21. The Hall–Kier alpha value is -0.890. The van der Waals surface area contributed by atoms with Gasteiger partial charge in [-0.15, -0.1) is 0 Å². The molecule has 6 nitrogen and oxygen atoms in total. The van der Waals surface area contributed by atoms with Gasteiger partial charge >= 0.3 is 0 Å². The zero-order valence-corrected chi connectivity index (χ0v) is 12.6. The van der Waals surface area contributed by atoms with E-state index in [0.717, 1.165) is 0 Å². The minimum absolute atomic E-state index is 0.0694. The summed E-state index contributed by atoms with van der Waals surface area (Å²) in [5.74, 6) is 0.283. The van der Waals surface area contributed by atoms with Crippen LogP contribution in [0.4, 0.5) is 0 Å². The van der Waals surface area contributed by atoms with Crippen molar-refractivity contribution in [2.75, 3.05) is 0 Å². The molecule has 0 bridgehead atoms. The highest BCUT2D eigenvalue weighted by Crippen LogP contribution is 2.28. The third kappa shape index (κ3) is 2.59. The lowest BCUT2D eigenvalue weighted by Crippen LogP contribution is -2.23. The van der Waals surface area contributed by atoms with Crippen molar-refractivity contribution in [3.63, 3.8) is 0 Å². The van der Waals surface area contributed by atoms with E-state index in [2.05, 4.69) is 26.2 Å². The molecule has 0 N–H and O–H groups in total. The van der Waals surface area contributed by atoms with E-state index >= 15 is 0 Å². The van der Waals surface area contributed by atoms with E-state index in [9.17, 15) is 8.42 Å². The Morgan fingerprint density at radius 1 is 1.44 bits per heavy atom. The first-order valence-electron chi connectivity index (χ1n) is 5.30. The molecule has 8 heteroatoms. The van der Waals surface area contributed by atoms with Gasteiger partial charge in [-0.05, 0) is 36.7 Å². The van der Waals surface area contributed by atoms with Gasteiger partial charge in [0.2, 0.25) is 0 Å². The topological polar surface area (TPSA) is 81.8 Å². The highest BCUT2D eigenvalue weighted by molar-refractivity contribution is 9.10. The summed E-state index contributed by atoms with van der Waals surface area (Å²) < 4.78 is 29.7. The molecule has 0 aromatic carbocycles. The summed E-state index contributed by atoms with van der Waals surface area (Å²) in [6.45, 7) is 5.25. The monoisotopic (exact) mass is 336 g/mol. The molecule has 1 aromatic heterocycles. The van der Waals surface area contributed by atoms with E-state index in [1.807, 2.05) is 0 Å². The van der Waals surface area contributed by atoms with Crippen LogP contribution in [0.1, 0.15) is 31.6 Å². The summed E-state index contributed by atoms with van der Waals surface area (Å²) in [4.78, 5) is 5.08. The van der Waals surface area contributed by atoms with Crippen LogP contribution in [0.15, 0.2) is 14.3 Å². The number of halogens is 1. The van der Waals surface area contributed by atoms with E-state index in [4.69, 9.17) is 9.36 Å². The summed E-state index contributed by atoms with van der Waals surface area (Å²) >= 11 is 3.16. The Kier molecular flexibility index (Phi) is 3.26. The summed E-state index contributed by atoms with van der Waals surface area (Å²) in [5.41, 5.74) is -0.0500. The van der Waals surface area contributed by atoms with Crippen molar-refractivity contribution in [1.29, 1.82) is 0 Å². The Labute approximate surface area is 113 Å². The Morgan fingerprint density at radius 3 is 2.56 bits per heavy atom. The number of aryl methyl sites for hydroxylation is 1. The number of sulfone groups is 1. The van der Waals surface area contributed by atoms with Crippen LogP contribution in [-0.2, 0) is 20.4 Å². The number of hydrogen-bond acceptors (Lipinski definition) is 6. The molecule has 1 aromatic rings. The van der Waals surface area contributed by atoms with E-state index in [1.54, 1.807) is 20.8 Å². The maximum atomic E-state index is 12.2. The predicted molar refractivity (Wildman–Crippen MR) is 68.8 cm³/mol. The molecule has 0 aliphatic carbocycles.